The van der Waals surface area contributed by atoms with E-state index in [4.69, 9.17) is 4.52 Å². The van der Waals surface area contributed by atoms with Crippen LogP contribution < -0.4 is 0 Å². The molecule has 3 heterocycles. The van der Waals surface area contributed by atoms with E-state index in [9.17, 15) is 0 Å². The molecule has 3 aromatic heterocycles. The van der Waals surface area contributed by atoms with Crippen LogP contribution in [0.5, 0.6) is 0 Å². The molecule has 120 valence electrons. The number of benzene rings is 1. The number of aromatic nitrogens is 4. The second kappa shape index (κ2) is 5.60. The van der Waals surface area contributed by atoms with Gasteiger partial charge in [0.1, 0.15) is 5.76 Å². The van der Waals surface area contributed by atoms with Gasteiger partial charge in [0.05, 0.1) is 23.6 Å². The molecule has 0 aliphatic heterocycles. The molecule has 0 aliphatic carbocycles. The quantitative estimate of drug-likeness (QED) is 0.565. The van der Waals surface area contributed by atoms with Crippen LogP contribution in [0.1, 0.15) is 30.0 Å². The molecule has 1 atom stereocenters. The summed E-state index contributed by atoms with van der Waals surface area (Å²) in [5.74, 6) is 0.802. The standard InChI is InChI=1S/C19H18N4O/c1-12-18(14(3)24-22-12)16-9-17-19(20-10-16)21-11-23(17)13(2)15-7-5-4-6-8-15/h4-11,13H,1-3H3/t13-/m1/s1. The van der Waals surface area contributed by atoms with Gasteiger partial charge >= 0.3 is 0 Å². The van der Waals surface area contributed by atoms with Gasteiger partial charge in [-0.3, -0.25) is 0 Å². The van der Waals surface area contributed by atoms with E-state index in [1.807, 2.05) is 32.4 Å². The molecule has 0 amide bonds. The Morgan fingerprint density at radius 1 is 1.08 bits per heavy atom. The highest BCUT2D eigenvalue weighted by atomic mass is 16.5. The maximum atomic E-state index is 5.29. The van der Waals surface area contributed by atoms with Gasteiger partial charge < -0.3 is 9.09 Å². The summed E-state index contributed by atoms with van der Waals surface area (Å²) in [6, 6.07) is 12.7. The van der Waals surface area contributed by atoms with Gasteiger partial charge in [0.2, 0.25) is 0 Å². The Morgan fingerprint density at radius 2 is 1.88 bits per heavy atom. The van der Waals surface area contributed by atoms with Crippen molar-refractivity contribution in [1.82, 2.24) is 19.7 Å². The van der Waals surface area contributed by atoms with Crippen LogP contribution in [-0.4, -0.2) is 19.7 Å². The Hall–Kier alpha value is -2.95. The average Bonchev–Trinajstić information content (AvgIpc) is 3.17. The molecule has 1 aromatic carbocycles. The molecular formula is C19H18N4O. The van der Waals surface area contributed by atoms with Gasteiger partial charge in [0.25, 0.3) is 0 Å². The summed E-state index contributed by atoms with van der Waals surface area (Å²) in [6.45, 7) is 6.03. The van der Waals surface area contributed by atoms with Crippen molar-refractivity contribution in [2.75, 3.05) is 0 Å². The number of pyridine rings is 1. The van der Waals surface area contributed by atoms with Gasteiger partial charge in [-0.15, -0.1) is 0 Å². The zero-order valence-corrected chi connectivity index (χ0v) is 13.9. The minimum Gasteiger partial charge on any atom is -0.361 e. The number of rotatable bonds is 3. The van der Waals surface area contributed by atoms with Crippen molar-refractivity contribution in [3.8, 4) is 11.1 Å². The SMILES string of the molecule is Cc1noc(C)c1-c1cnc2ncn([C@H](C)c3ccccc3)c2c1. The molecule has 4 rings (SSSR count). The Bertz CT molecular complexity index is 981. The van der Waals surface area contributed by atoms with Crippen molar-refractivity contribution in [3.05, 3.63) is 65.9 Å². The molecular weight excluding hydrogens is 300 g/mol. The number of hydrogen-bond donors (Lipinski definition) is 0. The second-order valence-electron chi connectivity index (χ2n) is 6.00. The summed E-state index contributed by atoms with van der Waals surface area (Å²) in [5, 5.41) is 4.04. The Kier molecular flexibility index (Phi) is 3.41. The van der Waals surface area contributed by atoms with Crippen LogP contribution >= 0.6 is 0 Å². The van der Waals surface area contributed by atoms with Crippen LogP contribution in [0, 0.1) is 13.8 Å². The number of hydrogen-bond acceptors (Lipinski definition) is 4. The number of imidazole rings is 1. The molecule has 24 heavy (non-hydrogen) atoms. The van der Waals surface area contributed by atoms with Gasteiger partial charge in [-0.05, 0) is 32.4 Å². The van der Waals surface area contributed by atoms with Gasteiger partial charge in [-0.25, -0.2) is 9.97 Å². The third-order valence-corrected chi connectivity index (χ3v) is 4.45. The van der Waals surface area contributed by atoms with Gasteiger partial charge in [-0.1, -0.05) is 35.5 Å². The molecule has 0 aliphatic rings. The Labute approximate surface area is 140 Å². The number of fused-ring (bicyclic) bond motifs is 1. The van der Waals surface area contributed by atoms with Crippen LogP contribution in [0.4, 0.5) is 0 Å². The maximum Gasteiger partial charge on any atom is 0.177 e. The van der Waals surface area contributed by atoms with Crippen LogP contribution in [0.2, 0.25) is 0 Å². The first-order chi connectivity index (χ1) is 11.6. The summed E-state index contributed by atoms with van der Waals surface area (Å²) >= 11 is 0. The molecule has 0 saturated heterocycles. The molecule has 5 nitrogen and oxygen atoms in total. The Balaban J connectivity index is 1.85. The van der Waals surface area contributed by atoms with E-state index < -0.39 is 0 Å². The summed E-state index contributed by atoms with van der Waals surface area (Å²) in [7, 11) is 0. The molecule has 0 N–H and O–H groups in total. The predicted octanol–water partition coefficient (Wildman–Crippen LogP) is 4.31. The lowest BCUT2D eigenvalue weighted by molar-refractivity contribution is 0.393. The monoisotopic (exact) mass is 318 g/mol. The first-order valence-corrected chi connectivity index (χ1v) is 7.96. The summed E-state index contributed by atoms with van der Waals surface area (Å²) in [6.07, 6.45) is 3.69. The second-order valence-corrected chi connectivity index (χ2v) is 6.00. The van der Waals surface area contributed by atoms with Crippen LogP contribution in [-0.2, 0) is 0 Å². The first kappa shape index (κ1) is 14.6. The largest absolute Gasteiger partial charge is 0.361 e. The lowest BCUT2D eigenvalue weighted by atomic mass is 10.1. The van der Waals surface area contributed by atoms with Gasteiger partial charge in [-0.2, -0.15) is 0 Å². The molecule has 4 aromatic rings. The molecule has 0 unspecified atom stereocenters. The van der Waals surface area contributed by atoms with Crippen molar-refractivity contribution < 1.29 is 4.52 Å². The van der Waals surface area contributed by atoms with Crippen LogP contribution in [0.25, 0.3) is 22.3 Å². The molecule has 0 saturated carbocycles. The third-order valence-electron chi connectivity index (χ3n) is 4.45. The molecule has 0 bridgehead atoms. The van der Waals surface area contributed by atoms with E-state index >= 15 is 0 Å². The van der Waals surface area contributed by atoms with E-state index in [1.165, 1.54) is 5.56 Å². The molecule has 5 heteroatoms. The van der Waals surface area contributed by atoms with E-state index in [-0.39, 0.29) is 6.04 Å². The van der Waals surface area contributed by atoms with Gasteiger partial charge in [0.15, 0.2) is 5.65 Å². The smallest absolute Gasteiger partial charge is 0.177 e. The molecule has 0 spiro atoms. The lowest BCUT2D eigenvalue weighted by Crippen LogP contribution is -2.05. The fraction of sp³-hybridized carbons (Fsp3) is 0.211. The van der Waals surface area contributed by atoms with Gasteiger partial charge in [0, 0.05) is 17.3 Å². The lowest BCUT2D eigenvalue weighted by Gasteiger charge is -2.15. The summed E-state index contributed by atoms with van der Waals surface area (Å²) in [5.41, 5.74) is 5.86. The number of aryl methyl sites for hydroxylation is 2. The van der Waals surface area contributed by atoms with E-state index in [0.717, 1.165) is 33.7 Å². The van der Waals surface area contributed by atoms with E-state index in [1.54, 1.807) is 0 Å². The van der Waals surface area contributed by atoms with Crippen LogP contribution in [0.3, 0.4) is 0 Å². The summed E-state index contributed by atoms with van der Waals surface area (Å²) < 4.78 is 7.44. The van der Waals surface area contributed by atoms with Crippen molar-refractivity contribution in [2.24, 2.45) is 0 Å². The average molecular weight is 318 g/mol. The highest BCUT2D eigenvalue weighted by Gasteiger charge is 2.16. The summed E-state index contributed by atoms with van der Waals surface area (Å²) in [4.78, 5) is 8.96. The van der Waals surface area contributed by atoms with Crippen molar-refractivity contribution in [3.63, 3.8) is 0 Å². The molecule has 0 radical (unpaired) electrons. The van der Waals surface area contributed by atoms with Crippen molar-refractivity contribution in [1.29, 1.82) is 0 Å². The normalized spacial score (nSPS) is 12.6. The highest BCUT2D eigenvalue weighted by molar-refractivity contribution is 5.79. The topological polar surface area (TPSA) is 56.7 Å². The maximum absolute atomic E-state index is 5.29. The van der Waals surface area contributed by atoms with E-state index in [0.29, 0.717) is 0 Å². The molecule has 0 fully saturated rings. The number of nitrogens with zero attached hydrogens (tertiary/aromatic N) is 4. The first-order valence-electron chi connectivity index (χ1n) is 7.96. The van der Waals surface area contributed by atoms with Crippen molar-refractivity contribution >= 4 is 11.2 Å². The zero-order valence-electron chi connectivity index (χ0n) is 13.9. The van der Waals surface area contributed by atoms with Crippen LogP contribution in [0.15, 0.2) is 53.4 Å². The van der Waals surface area contributed by atoms with E-state index in [2.05, 4.69) is 56.9 Å². The Morgan fingerprint density at radius 3 is 2.58 bits per heavy atom. The minimum absolute atomic E-state index is 0.179. The fourth-order valence-corrected chi connectivity index (χ4v) is 3.15. The zero-order chi connectivity index (χ0) is 16.7. The minimum atomic E-state index is 0.179. The third kappa shape index (κ3) is 2.29. The van der Waals surface area contributed by atoms with Crippen molar-refractivity contribution in [2.45, 2.75) is 26.8 Å². The fourth-order valence-electron chi connectivity index (χ4n) is 3.15. The predicted molar refractivity (Wildman–Crippen MR) is 92.8 cm³/mol. The highest BCUT2D eigenvalue weighted by Crippen LogP contribution is 2.30.